The lowest BCUT2D eigenvalue weighted by Crippen LogP contribution is -1.89. The summed E-state index contributed by atoms with van der Waals surface area (Å²) in [5, 5.41) is 8.63. The highest BCUT2D eigenvalue weighted by molar-refractivity contribution is 6.32. The predicted molar refractivity (Wildman–Crippen MR) is 52.7 cm³/mol. The zero-order valence-electron chi connectivity index (χ0n) is 7.21. The molecule has 0 aliphatic heterocycles. The van der Waals surface area contributed by atoms with Gasteiger partial charge in [0, 0.05) is 0 Å². The summed E-state index contributed by atoms with van der Waals surface area (Å²) < 4.78 is 12.6. The van der Waals surface area contributed by atoms with E-state index in [9.17, 15) is 9.18 Å². The lowest BCUT2D eigenvalue weighted by molar-refractivity contribution is -0.135. The third kappa shape index (κ3) is 3.18. The Morgan fingerprint density at radius 3 is 2.86 bits per heavy atom. The van der Waals surface area contributed by atoms with E-state index in [4.69, 9.17) is 16.7 Å². The zero-order chi connectivity index (χ0) is 10.6. The first-order chi connectivity index (χ1) is 6.59. The molecule has 0 aliphatic carbocycles. The Labute approximate surface area is 85.6 Å². The van der Waals surface area contributed by atoms with Crippen molar-refractivity contribution in [2.75, 3.05) is 0 Å². The number of halogens is 2. The minimum Gasteiger partial charge on any atom is -0.481 e. The highest BCUT2D eigenvalue weighted by atomic mass is 35.5. The van der Waals surface area contributed by atoms with E-state index in [2.05, 4.69) is 0 Å². The Balaban J connectivity index is 2.76. The van der Waals surface area contributed by atoms with Crippen LogP contribution in [0, 0.1) is 5.82 Å². The third-order valence-corrected chi connectivity index (χ3v) is 1.88. The van der Waals surface area contributed by atoms with E-state index in [1.165, 1.54) is 24.3 Å². The van der Waals surface area contributed by atoms with Crippen molar-refractivity contribution < 1.29 is 14.3 Å². The Bertz CT molecular complexity index is 374. The number of benzene rings is 1. The van der Waals surface area contributed by atoms with Gasteiger partial charge in [-0.1, -0.05) is 29.8 Å². The second kappa shape index (κ2) is 4.77. The fourth-order valence-corrected chi connectivity index (χ4v) is 1.15. The smallest absolute Gasteiger partial charge is 0.307 e. The van der Waals surface area contributed by atoms with Crippen LogP contribution >= 0.6 is 11.6 Å². The second-order valence-corrected chi connectivity index (χ2v) is 3.07. The fourth-order valence-electron chi connectivity index (χ4n) is 0.923. The summed E-state index contributed by atoms with van der Waals surface area (Å²) >= 11 is 5.71. The first kappa shape index (κ1) is 10.7. The molecule has 0 bridgehead atoms. The van der Waals surface area contributed by atoms with Gasteiger partial charge < -0.3 is 5.11 Å². The molecule has 0 spiro atoms. The summed E-state index contributed by atoms with van der Waals surface area (Å²) in [5.41, 5.74) is 0.606. The van der Waals surface area contributed by atoms with Gasteiger partial charge >= 0.3 is 5.97 Å². The van der Waals surface area contributed by atoms with Gasteiger partial charge in [0.25, 0.3) is 0 Å². The van der Waals surface area contributed by atoms with Gasteiger partial charge in [0.05, 0.1) is 11.4 Å². The highest BCUT2D eigenvalue weighted by Crippen LogP contribution is 2.18. The molecular weight excluding hydrogens is 207 g/mol. The van der Waals surface area contributed by atoms with E-state index in [1.54, 1.807) is 6.08 Å². The second-order valence-electron chi connectivity index (χ2n) is 2.67. The van der Waals surface area contributed by atoms with Crippen molar-refractivity contribution in [3.63, 3.8) is 0 Å². The summed E-state index contributed by atoms with van der Waals surface area (Å²) in [6.45, 7) is 0. The number of hydrogen-bond acceptors (Lipinski definition) is 1. The summed E-state index contributed by atoms with van der Waals surface area (Å²) in [7, 11) is 0. The van der Waals surface area contributed by atoms with Crippen LogP contribution in [-0.2, 0) is 4.79 Å². The van der Waals surface area contributed by atoms with E-state index in [1.807, 2.05) is 0 Å². The van der Waals surface area contributed by atoms with Gasteiger partial charge in [-0.05, 0) is 17.7 Å². The molecule has 4 heteroatoms. The van der Waals surface area contributed by atoms with Crippen LogP contribution in [0.15, 0.2) is 24.3 Å². The number of carboxylic acids is 1. The van der Waals surface area contributed by atoms with Gasteiger partial charge in [0.2, 0.25) is 0 Å². The first-order valence-corrected chi connectivity index (χ1v) is 4.31. The molecule has 0 unspecified atom stereocenters. The van der Waals surface area contributed by atoms with Gasteiger partial charge in [0.15, 0.2) is 0 Å². The largest absolute Gasteiger partial charge is 0.481 e. The summed E-state index contributed by atoms with van der Waals surface area (Å²) in [4.78, 5) is 10.2. The first-order valence-electron chi connectivity index (χ1n) is 3.93. The Hall–Kier alpha value is -1.35. The molecule has 0 saturated carbocycles. The minimum absolute atomic E-state index is 0.0757. The molecular formula is C10H8ClFO2. The molecule has 0 radical (unpaired) electrons. The molecule has 0 aromatic heterocycles. The zero-order valence-corrected chi connectivity index (χ0v) is 7.96. The normalized spacial score (nSPS) is 10.7. The van der Waals surface area contributed by atoms with Gasteiger partial charge in [-0.25, -0.2) is 4.39 Å². The molecule has 2 nitrogen and oxygen atoms in total. The molecule has 0 atom stereocenters. The van der Waals surface area contributed by atoms with Gasteiger partial charge in [-0.3, -0.25) is 4.79 Å². The van der Waals surface area contributed by atoms with Crippen molar-refractivity contribution >= 4 is 23.6 Å². The topological polar surface area (TPSA) is 37.3 Å². The highest BCUT2D eigenvalue weighted by Gasteiger charge is 1.98. The molecule has 0 aliphatic rings. The lowest BCUT2D eigenvalue weighted by Gasteiger charge is -1.97. The third-order valence-electron chi connectivity index (χ3n) is 1.55. The van der Waals surface area contributed by atoms with Crippen LogP contribution in [-0.4, -0.2) is 11.1 Å². The van der Waals surface area contributed by atoms with Gasteiger partial charge in [0.1, 0.15) is 5.82 Å². The maximum Gasteiger partial charge on any atom is 0.307 e. The molecule has 74 valence electrons. The molecule has 0 fully saturated rings. The van der Waals surface area contributed by atoms with Crippen LogP contribution in [0.2, 0.25) is 5.02 Å². The van der Waals surface area contributed by atoms with Gasteiger partial charge in [-0.15, -0.1) is 0 Å². The van der Waals surface area contributed by atoms with Crippen molar-refractivity contribution in [1.29, 1.82) is 0 Å². The Kier molecular flexibility index (Phi) is 3.65. The van der Waals surface area contributed by atoms with Crippen LogP contribution in [0.3, 0.4) is 0 Å². The van der Waals surface area contributed by atoms with Crippen molar-refractivity contribution in [3.05, 3.63) is 40.7 Å². The van der Waals surface area contributed by atoms with Crippen LogP contribution in [0.1, 0.15) is 12.0 Å². The molecule has 1 N–H and O–H groups in total. The average Bonchev–Trinajstić information content (AvgIpc) is 2.08. The van der Waals surface area contributed by atoms with Crippen LogP contribution in [0.5, 0.6) is 0 Å². The minimum atomic E-state index is -0.917. The molecule has 1 aromatic rings. The van der Waals surface area contributed by atoms with Gasteiger partial charge in [-0.2, -0.15) is 0 Å². The van der Waals surface area contributed by atoms with E-state index < -0.39 is 11.8 Å². The van der Waals surface area contributed by atoms with E-state index in [0.29, 0.717) is 5.56 Å². The summed E-state index contributed by atoms with van der Waals surface area (Å²) in [6, 6.07) is 3.95. The lowest BCUT2D eigenvalue weighted by atomic mass is 10.2. The monoisotopic (exact) mass is 214 g/mol. The van der Waals surface area contributed by atoms with E-state index in [0.717, 1.165) is 0 Å². The number of rotatable bonds is 3. The standard InChI is InChI=1S/C10H8ClFO2/c11-9-6-8(12)5-4-7(9)2-1-3-10(13)14/h1-2,4-6H,3H2,(H,13,14). The molecule has 14 heavy (non-hydrogen) atoms. The van der Waals surface area contributed by atoms with Crippen LogP contribution < -0.4 is 0 Å². The molecule has 1 rings (SSSR count). The number of carbonyl (C=O) groups is 1. The van der Waals surface area contributed by atoms with Crippen LogP contribution in [0.25, 0.3) is 6.08 Å². The molecule has 0 amide bonds. The molecule has 0 saturated heterocycles. The van der Waals surface area contributed by atoms with Crippen molar-refractivity contribution in [1.82, 2.24) is 0 Å². The summed E-state index contributed by atoms with van der Waals surface area (Å²) in [6.07, 6.45) is 2.94. The summed E-state index contributed by atoms with van der Waals surface area (Å²) in [5.74, 6) is -1.33. The van der Waals surface area contributed by atoms with Crippen LogP contribution in [0.4, 0.5) is 4.39 Å². The fraction of sp³-hybridized carbons (Fsp3) is 0.100. The molecule has 0 heterocycles. The Morgan fingerprint density at radius 1 is 1.57 bits per heavy atom. The predicted octanol–water partition coefficient (Wildman–Crippen LogP) is 2.97. The maximum absolute atomic E-state index is 12.6. The SMILES string of the molecule is O=C(O)CC=Cc1ccc(F)cc1Cl. The average molecular weight is 215 g/mol. The number of carboxylic acid groups (broad SMARTS) is 1. The molecule has 1 aromatic carbocycles. The van der Waals surface area contributed by atoms with Crippen molar-refractivity contribution in [3.8, 4) is 0 Å². The number of aliphatic carboxylic acids is 1. The Morgan fingerprint density at radius 2 is 2.29 bits per heavy atom. The van der Waals surface area contributed by atoms with Crippen molar-refractivity contribution in [2.45, 2.75) is 6.42 Å². The quantitative estimate of drug-likeness (QED) is 0.840. The van der Waals surface area contributed by atoms with Crippen molar-refractivity contribution in [2.24, 2.45) is 0 Å². The number of hydrogen-bond donors (Lipinski definition) is 1. The van der Waals surface area contributed by atoms with E-state index >= 15 is 0 Å². The maximum atomic E-state index is 12.6. The van der Waals surface area contributed by atoms with E-state index in [-0.39, 0.29) is 11.4 Å².